The van der Waals surface area contributed by atoms with Gasteiger partial charge in [-0.1, -0.05) is 18.2 Å². The predicted molar refractivity (Wildman–Crippen MR) is 84.1 cm³/mol. The van der Waals surface area contributed by atoms with Crippen LogP contribution in [0.1, 0.15) is 18.4 Å². The minimum atomic E-state index is 0.253. The lowest BCUT2D eigenvalue weighted by Crippen LogP contribution is -2.37. The monoisotopic (exact) mass is 300 g/mol. The zero-order valence-corrected chi connectivity index (χ0v) is 12.3. The first-order chi connectivity index (χ1) is 10.8. The number of rotatable bonds is 5. The van der Waals surface area contributed by atoms with E-state index < -0.39 is 0 Å². The largest absolute Gasteiger partial charge is 0.376 e. The van der Waals surface area contributed by atoms with E-state index in [1.807, 2.05) is 24.3 Å². The summed E-state index contributed by atoms with van der Waals surface area (Å²) in [6, 6.07) is 7.99. The predicted octanol–water partition coefficient (Wildman–Crippen LogP) is 1.05. The van der Waals surface area contributed by atoms with Crippen molar-refractivity contribution < 1.29 is 4.74 Å². The Hall–Kier alpha value is -2.41. The van der Waals surface area contributed by atoms with Crippen LogP contribution in [-0.2, 0) is 11.3 Å². The Kier molecular flexibility index (Phi) is 4.65. The molecule has 1 aliphatic heterocycles. The van der Waals surface area contributed by atoms with Gasteiger partial charge in [-0.15, -0.1) is 0 Å². The van der Waals surface area contributed by atoms with Crippen LogP contribution in [0, 0.1) is 0 Å². The number of nitrogens with two attached hydrogens (primary N) is 1. The highest BCUT2D eigenvalue weighted by atomic mass is 16.5. The molecule has 7 heteroatoms. The average molecular weight is 300 g/mol. The second-order valence-corrected chi connectivity index (χ2v) is 5.25. The van der Waals surface area contributed by atoms with Crippen molar-refractivity contribution in [1.82, 2.24) is 20.5 Å². The van der Waals surface area contributed by atoms with Gasteiger partial charge in [-0.25, -0.2) is 9.98 Å². The third-order valence-electron chi connectivity index (χ3n) is 3.58. The van der Waals surface area contributed by atoms with E-state index in [9.17, 15) is 0 Å². The van der Waals surface area contributed by atoms with Crippen molar-refractivity contribution in [2.24, 2.45) is 10.7 Å². The number of benzene rings is 1. The molecule has 22 heavy (non-hydrogen) atoms. The van der Waals surface area contributed by atoms with Crippen LogP contribution in [-0.4, -0.2) is 40.4 Å². The molecule has 1 aliphatic rings. The molecule has 2 heterocycles. The fourth-order valence-corrected chi connectivity index (χ4v) is 2.42. The first-order valence-electron chi connectivity index (χ1n) is 7.41. The number of hydrogen-bond acceptors (Lipinski definition) is 4. The molecule has 7 nitrogen and oxygen atoms in total. The van der Waals surface area contributed by atoms with Crippen molar-refractivity contribution in [3.8, 4) is 11.4 Å². The molecule has 0 amide bonds. The fourth-order valence-electron chi connectivity index (χ4n) is 2.42. The van der Waals surface area contributed by atoms with E-state index in [4.69, 9.17) is 10.5 Å². The Labute approximate surface area is 129 Å². The number of nitrogens with one attached hydrogen (secondary N) is 2. The first kappa shape index (κ1) is 14.5. The Bertz CT molecular complexity index is 619. The molecule has 116 valence electrons. The van der Waals surface area contributed by atoms with E-state index in [1.54, 1.807) is 0 Å². The summed E-state index contributed by atoms with van der Waals surface area (Å²) in [7, 11) is 0. The molecule has 0 bridgehead atoms. The van der Waals surface area contributed by atoms with E-state index in [1.165, 1.54) is 6.33 Å². The maximum Gasteiger partial charge on any atom is 0.189 e. The zero-order valence-electron chi connectivity index (χ0n) is 12.3. The second-order valence-electron chi connectivity index (χ2n) is 5.25. The van der Waals surface area contributed by atoms with Crippen LogP contribution < -0.4 is 11.1 Å². The number of aliphatic imine (C=N–C) groups is 1. The van der Waals surface area contributed by atoms with Gasteiger partial charge in [-0.3, -0.25) is 5.10 Å². The van der Waals surface area contributed by atoms with Crippen molar-refractivity contribution in [3.05, 3.63) is 36.2 Å². The summed E-state index contributed by atoms with van der Waals surface area (Å²) in [5.41, 5.74) is 7.94. The number of nitrogens with zero attached hydrogens (tertiary/aromatic N) is 3. The molecule has 1 aromatic heterocycles. The molecule has 1 unspecified atom stereocenters. The van der Waals surface area contributed by atoms with Gasteiger partial charge in [0.25, 0.3) is 0 Å². The first-order valence-corrected chi connectivity index (χ1v) is 7.41. The van der Waals surface area contributed by atoms with Crippen LogP contribution in [0.3, 0.4) is 0 Å². The summed E-state index contributed by atoms with van der Waals surface area (Å²) in [6.45, 7) is 2.08. The zero-order chi connectivity index (χ0) is 15.2. The SMILES string of the molecule is NC(=NCc1cccc(-c2ncn[nH]2)c1)NCC1CCCO1. The van der Waals surface area contributed by atoms with Gasteiger partial charge in [0, 0.05) is 18.7 Å². The van der Waals surface area contributed by atoms with Crippen molar-refractivity contribution in [3.63, 3.8) is 0 Å². The lowest BCUT2D eigenvalue weighted by Gasteiger charge is -2.11. The van der Waals surface area contributed by atoms with E-state index in [2.05, 4.69) is 25.5 Å². The Morgan fingerprint density at radius 2 is 2.45 bits per heavy atom. The van der Waals surface area contributed by atoms with Gasteiger partial charge < -0.3 is 15.8 Å². The standard InChI is InChI=1S/C15H20N6O/c16-15(18-9-13-5-2-6-22-13)17-8-11-3-1-4-12(7-11)14-19-10-20-21-14/h1,3-4,7,10,13H,2,5-6,8-9H2,(H3,16,17,18)(H,19,20,21). The van der Waals surface area contributed by atoms with Gasteiger partial charge in [-0.2, -0.15) is 5.10 Å². The maximum atomic E-state index is 5.89. The molecular formula is C15H20N6O. The number of aromatic nitrogens is 3. The summed E-state index contributed by atoms with van der Waals surface area (Å²) < 4.78 is 5.53. The number of aromatic amines is 1. The summed E-state index contributed by atoms with van der Waals surface area (Å²) in [6.07, 6.45) is 3.95. The molecular weight excluding hydrogens is 280 g/mol. The van der Waals surface area contributed by atoms with Crippen LogP contribution in [0.5, 0.6) is 0 Å². The van der Waals surface area contributed by atoms with Crippen LogP contribution in [0.4, 0.5) is 0 Å². The molecule has 0 aliphatic carbocycles. The molecule has 1 fully saturated rings. The van der Waals surface area contributed by atoms with Gasteiger partial charge >= 0.3 is 0 Å². The minimum absolute atomic E-state index is 0.253. The quantitative estimate of drug-likeness (QED) is 0.566. The molecule has 3 rings (SSSR count). The summed E-state index contributed by atoms with van der Waals surface area (Å²) in [4.78, 5) is 8.50. The molecule has 1 atom stereocenters. The van der Waals surface area contributed by atoms with Gasteiger partial charge in [0.1, 0.15) is 6.33 Å². The van der Waals surface area contributed by atoms with Crippen LogP contribution >= 0.6 is 0 Å². The maximum absolute atomic E-state index is 5.89. The third kappa shape index (κ3) is 3.82. The Morgan fingerprint density at radius 1 is 1.50 bits per heavy atom. The highest BCUT2D eigenvalue weighted by Crippen LogP contribution is 2.16. The van der Waals surface area contributed by atoms with E-state index in [0.717, 1.165) is 36.4 Å². The highest BCUT2D eigenvalue weighted by molar-refractivity contribution is 5.77. The number of hydrogen-bond donors (Lipinski definition) is 3. The van der Waals surface area contributed by atoms with Crippen molar-refractivity contribution in [1.29, 1.82) is 0 Å². The summed E-state index contributed by atoms with van der Waals surface area (Å²) >= 11 is 0. The van der Waals surface area contributed by atoms with E-state index in [-0.39, 0.29) is 6.10 Å². The lowest BCUT2D eigenvalue weighted by molar-refractivity contribution is 0.114. The van der Waals surface area contributed by atoms with Crippen molar-refractivity contribution in [2.45, 2.75) is 25.5 Å². The topological polar surface area (TPSA) is 101 Å². The van der Waals surface area contributed by atoms with Crippen LogP contribution in [0.2, 0.25) is 0 Å². The molecule has 4 N–H and O–H groups in total. The Balaban J connectivity index is 1.56. The number of H-pyrrole nitrogens is 1. The molecule has 0 radical (unpaired) electrons. The van der Waals surface area contributed by atoms with Crippen molar-refractivity contribution >= 4 is 5.96 Å². The van der Waals surface area contributed by atoms with Gasteiger partial charge in [-0.05, 0) is 24.5 Å². The van der Waals surface area contributed by atoms with E-state index in [0.29, 0.717) is 19.0 Å². The molecule has 0 spiro atoms. The highest BCUT2D eigenvalue weighted by Gasteiger charge is 2.14. The van der Waals surface area contributed by atoms with Gasteiger partial charge in [0.05, 0.1) is 12.6 Å². The van der Waals surface area contributed by atoms with Crippen molar-refractivity contribution in [2.75, 3.05) is 13.2 Å². The van der Waals surface area contributed by atoms with Gasteiger partial charge in [0.15, 0.2) is 11.8 Å². The Morgan fingerprint density at radius 3 is 3.23 bits per heavy atom. The number of ether oxygens (including phenoxy) is 1. The molecule has 1 aromatic carbocycles. The normalized spacial score (nSPS) is 18.5. The second kappa shape index (κ2) is 7.04. The average Bonchev–Trinajstić information content (AvgIpc) is 3.24. The van der Waals surface area contributed by atoms with Gasteiger partial charge in [0.2, 0.25) is 0 Å². The summed E-state index contributed by atoms with van der Waals surface area (Å²) in [5.74, 6) is 1.19. The third-order valence-corrected chi connectivity index (χ3v) is 3.58. The minimum Gasteiger partial charge on any atom is -0.376 e. The van der Waals surface area contributed by atoms with Crippen LogP contribution in [0.25, 0.3) is 11.4 Å². The van der Waals surface area contributed by atoms with Crippen LogP contribution in [0.15, 0.2) is 35.6 Å². The molecule has 0 saturated carbocycles. The fraction of sp³-hybridized carbons (Fsp3) is 0.400. The van der Waals surface area contributed by atoms with E-state index >= 15 is 0 Å². The molecule has 2 aromatic rings. The summed E-state index contributed by atoms with van der Waals surface area (Å²) in [5, 5.41) is 9.82. The molecule has 1 saturated heterocycles. The number of guanidine groups is 1. The smallest absolute Gasteiger partial charge is 0.189 e. The lowest BCUT2D eigenvalue weighted by atomic mass is 10.1.